The molecule has 1 unspecified atom stereocenters. The van der Waals surface area contributed by atoms with Gasteiger partial charge in [0.25, 0.3) is 0 Å². The van der Waals surface area contributed by atoms with Crippen molar-refractivity contribution in [1.29, 1.82) is 5.26 Å². The standard InChI is InChI=1S/C13H21N3OS/c1-10-11(5-12(6-14)16(10)3)7-15-8-13(2,17)9-18-4/h5,15,17H,7-9H2,1-4H3. The summed E-state index contributed by atoms with van der Waals surface area (Å²) >= 11 is 1.63. The Bertz CT molecular complexity index is 446. The van der Waals surface area contributed by atoms with Gasteiger partial charge >= 0.3 is 0 Å². The van der Waals surface area contributed by atoms with Gasteiger partial charge in [0.05, 0.1) is 5.60 Å². The molecule has 0 aliphatic rings. The second-order valence-corrected chi connectivity index (χ2v) is 5.71. The largest absolute Gasteiger partial charge is 0.388 e. The summed E-state index contributed by atoms with van der Waals surface area (Å²) < 4.78 is 1.89. The highest BCUT2D eigenvalue weighted by atomic mass is 32.2. The minimum absolute atomic E-state index is 0.546. The molecule has 18 heavy (non-hydrogen) atoms. The first-order chi connectivity index (χ1) is 8.41. The first-order valence-electron chi connectivity index (χ1n) is 5.88. The van der Waals surface area contributed by atoms with Gasteiger partial charge in [0.2, 0.25) is 0 Å². The Hall–Kier alpha value is -0.960. The van der Waals surface area contributed by atoms with Gasteiger partial charge in [-0.15, -0.1) is 0 Å². The van der Waals surface area contributed by atoms with Crippen LogP contribution in [0.2, 0.25) is 0 Å². The van der Waals surface area contributed by atoms with Crippen molar-refractivity contribution in [3.8, 4) is 6.07 Å². The van der Waals surface area contributed by atoms with E-state index in [0.717, 1.165) is 11.3 Å². The van der Waals surface area contributed by atoms with Crippen LogP contribution in [0.15, 0.2) is 6.07 Å². The molecule has 2 N–H and O–H groups in total. The van der Waals surface area contributed by atoms with Crippen LogP contribution in [-0.4, -0.2) is 33.8 Å². The minimum Gasteiger partial charge on any atom is -0.388 e. The number of aliphatic hydroxyl groups is 1. The highest BCUT2D eigenvalue weighted by molar-refractivity contribution is 7.98. The van der Waals surface area contributed by atoms with Crippen LogP contribution in [0.25, 0.3) is 0 Å². The number of nitrogens with zero attached hydrogens (tertiary/aromatic N) is 2. The summed E-state index contributed by atoms with van der Waals surface area (Å²) in [7, 11) is 1.89. The molecule has 1 atom stereocenters. The van der Waals surface area contributed by atoms with Crippen LogP contribution in [0.3, 0.4) is 0 Å². The number of thioether (sulfide) groups is 1. The predicted molar refractivity (Wildman–Crippen MR) is 75.6 cm³/mol. The van der Waals surface area contributed by atoms with Crippen LogP contribution in [0.5, 0.6) is 0 Å². The Morgan fingerprint density at radius 3 is 2.78 bits per heavy atom. The zero-order chi connectivity index (χ0) is 13.8. The predicted octanol–water partition coefficient (Wildman–Crippen LogP) is 1.41. The van der Waals surface area contributed by atoms with Gasteiger partial charge in [-0.3, -0.25) is 0 Å². The summed E-state index contributed by atoms with van der Waals surface area (Å²) in [5.74, 6) is 0.706. The molecule has 1 aromatic heterocycles. The molecule has 0 saturated heterocycles. The molecule has 1 aromatic rings. The van der Waals surface area contributed by atoms with Gasteiger partial charge in [0.1, 0.15) is 11.8 Å². The van der Waals surface area contributed by atoms with E-state index in [1.165, 1.54) is 0 Å². The van der Waals surface area contributed by atoms with Gasteiger partial charge in [0.15, 0.2) is 0 Å². The van der Waals surface area contributed by atoms with E-state index in [1.807, 2.05) is 37.8 Å². The van der Waals surface area contributed by atoms with Crippen molar-refractivity contribution >= 4 is 11.8 Å². The molecule has 0 spiro atoms. The van der Waals surface area contributed by atoms with E-state index in [1.54, 1.807) is 11.8 Å². The normalized spacial score (nSPS) is 14.2. The number of hydrogen-bond acceptors (Lipinski definition) is 4. The Kier molecular flexibility index (Phi) is 5.27. The van der Waals surface area contributed by atoms with E-state index in [-0.39, 0.29) is 0 Å². The topological polar surface area (TPSA) is 61.0 Å². The maximum absolute atomic E-state index is 10.0. The molecular weight excluding hydrogens is 246 g/mol. The highest BCUT2D eigenvalue weighted by Crippen LogP contribution is 2.14. The van der Waals surface area contributed by atoms with Gasteiger partial charge < -0.3 is 15.0 Å². The lowest BCUT2D eigenvalue weighted by molar-refractivity contribution is 0.0846. The molecule has 0 aliphatic carbocycles. The fourth-order valence-corrected chi connectivity index (χ4v) is 2.60. The molecule has 5 heteroatoms. The summed E-state index contributed by atoms with van der Waals surface area (Å²) in [6.45, 7) is 5.04. The number of hydrogen-bond donors (Lipinski definition) is 2. The lowest BCUT2D eigenvalue weighted by atomic mass is 10.1. The fourth-order valence-electron chi connectivity index (χ4n) is 1.88. The van der Waals surface area contributed by atoms with E-state index in [0.29, 0.717) is 24.5 Å². The van der Waals surface area contributed by atoms with Gasteiger partial charge in [-0.05, 0) is 31.7 Å². The van der Waals surface area contributed by atoms with Crippen molar-refractivity contribution in [2.24, 2.45) is 7.05 Å². The number of nitrogens with one attached hydrogen (secondary N) is 1. The lowest BCUT2D eigenvalue weighted by Gasteiger charge is -2.22. The van der Waals surface area contributed by atoms with Crippen molar-refractivity contribution in [2.75, 3.05) is 18.6 Å². The smallest absolute Gasteiger partial charge is 0.120 e. The van der Waals surface area contributed by atoms with Crippen LogP contribution in [0, 0.1) is 18.3 Å². The fraction of sp³-hybridized carbons (Fsp3) is 0.615. The summed E-state index contributed by atoms with van der Waals surface area (Å²) in [6.07, 6.45) is 1.98. The average Bonchev–Trinajstić information content (AvgIpc) is 2.56. The van der Waals surface area contributed by atoms with Crippen molar-refractivity contribution in [2.45, 2.75) is 26.0 Å². The van der Waals surface area contributed by atoms with Gasteiger partial charge in [0, 0.05) is 31.6 Å². The molecule has 0 saturated carbocycles. The third-order valence-corrected chi connectivity index (χ3v) is 3.94. The van der Waals surface area contributed by atoms with E-state index >= 15 is 0 Å². The molecule has 100 valence electrons. The summed E-state index contributed by atoms with van der Waals surface area (Å²) in [6, 6.07) is 4.06. The van der Waals surface area contributed by atoms with Crippen molar-refractivity contribution < 1.29 is 5.11 Å². The first kappa shape index (κ1) is 15.1. The quantitative estimate of drug-likeness (QED) is 0.818. The molecule has 0 amide bonds. The Morgan fingerprint density at radius 2 is 2.28 bits per heavy atom. The Labute approximate surface area is 113 Å². The maximum atomic E-state index is 10.0. The highest BCUT2D eigenvalue weighted by Gasteiger charge is 2.19. The third-order valence-electron chi connectivity index (χ3n) is 3.03. The molecule has 0 bridgehead atoms. The zero-order valence-corrected chi connectivity index (χ0v) is 12.3. The van der Waals surface area contributed by atoms with Crippen LogP contribution < -0.4 is 5.32 Å². The number of nitriles is 1. The van der Waals surface area contributed by atoms with Crippen molar-refractivity contribution in [1.82, 2.24) is 9.88 Å². The van der Waals surface area contributed by atoms with Crippen LogP contribution >= 0.6 is 11.8 Å². The zero-order valence-electron chi connectivity index (χ0n) is 11.4. The van der Waals surface area contributed by atoms with Crippen molar-refractivity contribution in [3.05, 3.63) is 23.0 Å². The van der Waals surface area contributed by atoms with Crippen LogP contribution in [0.1, 0.15) is 23.9 Å². The van der Waals surface area contributed by atoms with Gasteiger partial charge in [-0.25, -0.2) is 0 Å². The molecular formula is C13H21N3OS. The molecule has 1 heterocycles. The molecule has 0 aromatic carbocycles. The molecule has 0 aliphatic heterocycles. The van der Waals surface area contributed by atoms with Gasteiger partial charge in [-0.1, -0.05) is 0 Å². The van der Waals surface area contributed by atoms with E-state index in [4.69, 9.17) is 5.26 Å². The third kappa shape index (κ3) is 3.77. The van der Waals surface area contributed by atoms with E-state index < -0.39 is 5.60 Å². The SMILES string of the molecule is CSCC(C)(O)CNCc1cc(C#N)n(C)c1C. The van der Waals surface area contributed by atoms with Gasteiger partial charge in [-0.2, -0.15) is 17.0 Å². The summed E-state index contributed by atoms with van der Waals surface area (Å²) in [5, 5.41) is 22.2. The monoisotopic (exact) mass is 267 g/mol. The molecule has 4 nitrogen and oxygen atoms in total. The summed E-state index contributed by atoms with van der Waals surface area (Å²) in [4.78, 5) is 0. The summed E-state index contributed by atoms with van der Waals surface area (Å²) in [5.41, 5.74) is 2.16. The maximum Gasteiger partial charge on any atom is 0.120 e. The molecule has 0 radical (unpaired) electrons. The second-order valence-electron chi connectivity index (χ2n) is 4.84. The average molecular weight is 267 g/mol. The van der Waals surface area contributed by atoms with Crippen molar-refractivity contribution in [3.63, 3.8) is 0 Å². The lowest BCUT2D eigenvalue weighted by Crippen LogP contribution is -2.39. The number of rotatable bonds is 6. The molecule has 0 fully saturated rings. The van der Waals surface area contributed by atoms with E-state index in [2.05, 4.69) is 11.4 Å². The minimum atomic E-state index is -0.694. The van der Waals surface area contributed by atoms with Crippen LogP contribution in [-0.2, 0) is 13.6 Å². The first-order valence-corrected chi connectivity index (χ1v) is 7.28. The Morgan fingerprint density at radius 1 is 1.61 bits per heavy atom. The molecule has 1 rings (SSSR count). The Balaban J connectivity index is 2.57. The van der Waals surface area contributed by atoms with E-state index in [9.17, 15) is 5.11 Å². The number of aromatic nitrogens is 1. The van der Waals surface area contributed by atoms with Crippen LogP contribution in [0.4, 0.5) is 0 Å². The second kappa shape index (κ2) is 6.28.